The van der Waals surface area contributed by atoms with Gasteiger partial charge in [-0.25, -0.2) is 4.79 Å². The van der Waals surface area contributed by atoms with Crippen LogP contribution in [0.4, 0.5) is 4.79 Å². The van der Waals surface area contributed by atoms with E-state index in [0.717, 1.165) is 18.1 Å². The monoisotopic (exact) mass is 378 g/mol. The van der Waals surface area contributed by atoms with Crippen molar-refractivity contribution in [3.63, 3.8) is 0 Å². The van der Waals surface area contributed by atoms with Gasteiger partial charge in [0.15, 0.2) is 5.96 Å². The summed E-state index contributed by atoms with van der Waals surface area (Å²) in [4.78, 5) is 20.2. The minimum atomic E-state index is -0.713. The summed E-state index contributed by atoms with van der Waals surface area (Å²) in [6, 6.07) is 7.35. The van der Waals surface area contributed by atoms with E-state index in [1.54, 1.807) is 18.9 Å². The van der Waals surface area contributed by atoms with E-state index in [9.17, 15) is 9.90 Å². The van der Waals surface area contributed by atoms with Gasteiger partial charge in [-0.3, -0.25) is 4.99 Å². The van der Waals surface area contributed by atoms with Crippen LogP contribution in [0.5, 0.6) is 5.75 Å². The van der Waals surface area contributed by atoms with E-state index in [-0.39, 0.29) is 12.6 Å². The summed E-state index contributed by atoms with van der Waals surface area (Å²) in [5.74, 6) is 1.44. The number of aliphatic hydroxyl groups is 1. The third-order valence-corrected chi connectivity index (χ3v) is 4.33. The highest BCUT2D eigenvalue weighted by atomic mass is 16.6. The van der Waals surface area contributed by atoms with Crippen molar-refractivity contribution in [1.29, 1.82) is 0 Å². The maximum absolute atomic E-state index is 11.8. The van der Waals surface area contributed by atoms with Crippen LogP contribution in [0.3, 0.4) is 0 Å². The van der Waals surface area contributed by atoms with Crippen LogP contribution in [0.25, 0.3) is 0 Å². The Kier molecular flexibility index (Phi) is 8.19. The van der Waals surface area contributed by atoms with E-state index in [2.05, 4.69) is 15.2 Å². The van der Waals surface area contributed by atoms with Crippen LogP contribution in [0.1, 0.15) is 25.5 Å². The molecule has 1 aliphatic rings. The van der Waals surface area contributed by atoms with Crippen molar-refractivity contribution < 1.29 is 19.4 Å². The van der Waals surface area contributed by atoms with Gasteiger partial charge in [0.05, 0.1) is 26.4 Å². The lowest BCUT2D eigenvalue weighted by Gasteiger charge is -2.36. The Balaban J connectivity index is 1.96. The van der Waals surface area contributed by atoms with Crippen molar-refractivity contribution in [1.82, 2.24) is 15.1 Å². The number of methoxy groups -OCH3 is 1. The average molecular weight is 378 g/mol. The molecule has 2 N–H and O–H groups in total. The summed E-state index contributed by atoms with van der Waals surface area (Å²) in [7, 11) is 1.60. The molecule has 1 saturated heterocycles. The van der Waals surface area contributed by atoms with Crippen LogP contribution >= 0.6 is 0 Å². The molecule has 1 fully saturated rings. The predicted molar refractivity (Wildman–Crippen MR) is 104 cm³/mol. The molecule has 1 unspecified atom stereocenters. The highest BCUT2D eigenvalue weighted by Gasteiger charge is 2.23. The number of carbonyl (C=O) groups excluding carboxylic acids is 1. The summed E-state index contributed by atoms with van der Waals surface area (Å²) in [5.41, 5.74) is 0.765. The molecule has 150 valence electrons. The van der Waals surface area contributed by atoms with E-state index < -0.39 is 6.10 Å². The standard InChI is InChI=1S/C19H30N4O4/c1-4-20-18(22-9-11-23(12-10-22)19(25)27-5-2)21-14-17(24)15-7-6-8-16(13-15)26-3/h6-8,13,17,24H,4-5,9-12,14H2,1-3H3,(H,20,21). The molecule has 1 aromatic carbocycles. The number of rotatable bonds is 6. The molecule has 1 heterocycles. The molecule has 1 aromatic rings. The fourth-order valence-corrected chi connectivity index (χ4v) is 2.87. The Morgan fingerprint density at radius 1 is 1.26 bits per heavy atom. The summed E-state index contributed by atoms with van der Waals surface area (Å²) in [6.45, 7) is 7.66. The maximum Gasteiger partial charge on any atom is 0.409 e. The highest BCUT2D eigenvalue weighted by molar-refractivity contribution is 5.80. The summed E-state index contributed by atoms with van der Waals surface area (Å²) in [5, 5.41) is 13.7. The second-order valence-electron chi connectivity index (χ2n) is 6.16. The Morgan fingerprint density at radius 3 is 2.59 bits per heavy atom. The molecule has 2 rings (SSSR count). The molecule has 1 atom stereocenters. The van der Waals surface area contributed by atoms with Gasteiger partial charge in [-0.15, -0.1) is 0 Å². The molecule has 0 bridgehead atoms. The van der Waals surface area contributed by atoms with Gasteiger partial charge in [0.2, 0.25) is 0 Å². The van der Waals surface area contributed by atoms with Crippen LogP contribution in [-0.2, 0) is 4.74 Å². The van der Waals surface area contributed by atoms with Gasteiger partial charge in [-0.2, -0.15) is 0 Å². The molecular weight excluding hydrogens is 348 g/mol. The first-order valence-corrected chi connectivity index (χ1v) is 9.36. The number of guanidine groups is 1. The molecule has 0 radical (unpaired) electrons. The Hall–Kier alpha value is -2.48. The number of ether oxygens (including phenoxy) is 2. The molecule has 27 heavy (non-hydrogen) atoms. The Morgan fingerprint density at radius 2 is 1.96 bits per heavy atom. The number of aliphatic hydroxyl groups excluding tert-OH is 1. The van der Waals surface area contributed by atoms with Gasteiger partial charge in [0, 0.05) is 32.7 Å². The quantitative estimate of drug-likeness (QED) is 0.576. The molecule has 8 heteroatoms. The van der Waals surface area contributed by atoms with Gasteiger partial charge < -0.3 is 29.7 Å². The van der Waals surface area contributed by atoms with Crippen LogP contribution in [0.2, 0.25) is 0 Å². The molecule has 8 nitrogen and oxygen atoms in total. The lowest BCUT2D eigenvalue weighted by molar-refractivity contribution is 0.0914. The van der Waals surface area contributed by atoms with Gasteiger partial charge in [0.25, 0.3) is 0 Å². The Labute approximate surface area is 160 Å². The van der Waals surface area contributed by atoms with Gasteiger partial charge in [0.1, 0.15) is 5.75 Å². The zero-order chi connectivity index (χ0) is 19.6. The van der Waals surface area contributed by atoms with Crippen LogP contribution in [0, 0.1) is 0 Å². The van der Waals surface area contributed by atoms with Crippen LogP contribution < -0.4 is 10.1 Å². The summed E-state index contributed by atoms with van der Waals surface area (Å²) >= 11 is 0. The number of amides is 1. The second kappa shape index (κ2) is 10.6. The largest absolute Gasteiger partial charge is 0.497 e. The number of carbonyl (C=O) groups is 1. The molecule has 0 aromatic heterocycles. The first kappa shape index (κ1) is 20.8. The lowest BCUT2D eigenvalue weighted by Crippen LogP contribution is -2.54. The minimum absolute atomic E-state index is 0.244. The summed E-state index contributed by atoms with van der Waals surface area (Å²) in [6.07, 6.45) is -0.984. The van der Waals surface area contributed by atoms with Gasteiger partial charge >= 0.3 is 6.09 Å². The van der Waals surface area contributed by atoms with Crippen molar-refractivity contribution >= 4 is 12.1 Å². The molecule has 0 saturated carbocycles. The maximum atomic E-state index is 11.8. The fourth-order valence-electron chi connectivity index (χ4n) is 2.87. The van der Waals surface area contributed by atoms with Crippen molar-refractivity contribution in [2.24, 2.45) is 4.99 Å². The second-order valence-corrected chi connectivity index (χ2v) is 6.16. The van der Waals surface area contributed by atoms with Crippen molar-refractivity contribution in [2.75, 3.05) is 53.0 Å². The van der Waals surface area contributed by atoms with E-state index >= 15 is 0 Å². The SMILES string of the molecule is CCNC(=NCC(O)c1cccc(OC)c1)N1CCN(C(=O)OCC)CC1. The van der Waals surface area contributed by atoms with E-state index in [4.69, 9.17) is 9.47 Å². The molecule has 1 amide bonds. The third kappa shape index (κ3) is 6.02. The van der Waals surface area contributed by atoms with Gasteiger partial charge in [-0.05, 0) is 31.5 Å². The number of nitrogens with zero attached hydrogens (tertiary/aromatic N) is 3. The number of piperazine rings is 1. The average Bonchev–Trinajstić information content (AvgIpc) is 2.71. The van der Waals surface area contributed by atoms with E-state index in [1.165, 1.54) is 0 Å². The highest BCUT2D eigenvalue weighted by Crippen LogP contribution is 2.19. The number of hydrogen-bond acceptors (Lipinski definition) is 5. The van der Waals surface area contributed by atoms with Crippen LogP contribution in [0.15, 0.2) is 29.3 Å². The molecule has 1 aliphatic heterocycles. The third-order valence-electron chi connectivity index (χ3n) is 4.33. The lowest BCUT2D eigenvalue weighted by atomic mass is 10.1. The van der Waals surface area contributed by atoms with E-state index in [1.807, 2.05) is 31.2 Å². The number of nitrogens with one attached hydrogen (secondary N) is 1. The predicted octanol–water partition coefficient (Wildman–Crippen LogP) is 1.47. The zero-order valence-corrected chi connectivity index (χ0v) is 16.4. The fraction of sp³-hybridized carbons (Fsp3) is 0.579. The minimum Gasteiger partial charge on any atom is -0.497 e. The normalized spacial score (nSPS) is 16.1. The van der Waals surface area contributed by atoms with E-state index in [0.29, 0.717) is 38.5 Å². The first-order chi connectivity index (χ1) is 13.1. The number of aliphatic imine (C=N–C) groups is 1. The van der Waals surface area contributed by atoms with Crippen LogP contribution in [-0.4, -0.2) is 79.9 Å². The Bertz CT molecular complexity index is 630. The zero-order valence-electron chi connectivity index (χ0n) is 16.4. The molecule has 0 spiro atoms. The number of benzene rings is 1. The summed E-state index contributed by atoms with van der Waals surface area (Å²) < 4.78 is 10.3. The van der Waals surface area contributed by atoms with Crippen molar-refractivity contribution in [2.45, 2.75) is 20.0 Å². The molecular formula is C19H30N4O4. The number of hydrogen-bond donors (Lipinski definition) is 2. The van der Waals surface area contributed by atoms with Crippen molar-refractivity contribution in [3.8, 4) is 5.75 Å². The smallest absolute Gasteiger partial charge is 0.409 e. The topological polar surface area (TPSA) is 86.6 Å². The first-order valence-electron chi connectivity index (χ1n) is 9.36. The molecule has 0 aliphatic carbocycles. The van der Waals surface area contributed by atoms with Gasteiger partial charge in [-0.1, -0.05) is 12.1 Å². The van der Waals surface area contributed by atoms with Crippen molar-refractivity contribution in [3.05, 3.63) is 29.8 Å².